The summed E-state index contributed by atoms with van der Waals surface area (Å²) in [6.45, 7) is 4.68. The molecule has 0 aliphatic carbocycles. The van der Waals surface area contributed by atoms with Crippen LogP contribution in [0.4, 0.5) is 0 Å². The highest BCUT2D eigenvalue weighted by molar-refractivity contribution is 5.99. The number of ether oxygens (including phenoxy) is 1. The number of nitrogens with zero attached hydrogens (tertiary/aromatic N) is 2. The van der Waals surface area contributed by atoms with E-state index in [1.807, 2.05) is 13.8 Å². The maximum Gasteiger partial charge on any atom is 0.194 e. The summed E-state index contributed by atoms with van der Waals surface area (Å²) in [7, 11) is 1.55. The predicted octanol–water partition coefficient (Wildman–Crippen LogP) is 1.51. The molecule has 0 saturated carbocycles. The SMILES string of the molecule is CCC(OC)C(=O)c1cnn(CC)c1. The number of hydrogen-bond donors (Lipinski definition) is 0. The summed E-state index contributed by atoms with van der Waals surface area (Å²) in [6.07, 6.45) is 3.69. The average molecular weight is 196 g/mol. The Morgan fingerprint density at radius 3 is 2.79 bits per heavy atom. The third kappa shape index (κ3) is 2.20. The van der Waals surface area contributed by atoms with Gasteiger partial charge in [-0.15, -0.1) is 0 Å². The molecule has 0 saturated heterocycles. The van der Waals surface area contributed by atoms with E-state index >= 15 is 0 Å². The molecule has 0 radical (unpaired) electrons. The Kier molecular flexibility index (Phi) is 3.83. The molecular formula is C10H16N2O2. The third-order valence-corrected chi connectivity index (χ3v) is 2.19. The van der Waals surface area contributed by atoms with Gasteiger partial charge < -0.3 is 4.74 Å². The molecule has 0 spiro atoms. The Balaban J connectivity index is 2.77. The normalized spacial score (nSPS) is 12.8. The first-order valence-electron chi connectivity index (χ1n) is 4.82. The Hall–Kier alpha value is -1.16. The second-order valence-electron chi connectivity index (χ2n) is 3.08. The molecule has 0 amide bonds. The number of methoxy groups -OCH3 is 1. The van der Waals surface area contributed by atoms with Crippen LogP contribution in [0.2, 0.25) is 0 Å². The molecule has 0 aliphatic rings. The highest BCUT2D eigenvalue weighted by Gasteiger charge is 2.18. The Bertz CT molecular complexity index is 303. The summed E-state index contributed by atoms with van der Waals surface area (Å²) in [5.41, 5.74) is 0.626. The molecule has 0 bridgehead atoms. The van der Waals surface area contributed by atoms with Crippen molar-refractivity contribution < 1.29 is 9.53 Å². The fourth-order valence-corrected chi connectivity index (χ4v) is 1.31. The summed E-state index contributed by atoms with van der Waals surface area (Å²) in [5, 5.41) is 4.05. The monoisotopic (exact) mass is 196 g/mol. The number of rotatable bonds is 5. The second-order valence-corrected chi connectivity index (χ2v) is 3.08. The molecule has 1 heterocycles. The van der Waals surface area contributed by atoms with E-state index in [-0.39, 0.29) is 11.9 Å². The molecule has 0 aromatic carbocycles. The Labute approximate surface area is 83.9 Å². The molecule has 78 valence electrons. The van der Waals surface area contributed by atoms with Crippen LogP contribution in [0.15, 0.2) is 12.4 Å². The minimum atomic E-state index is -0.343. The fourth-order valence-electron chi connectivity index (χ4n) is 1.31. The summed E-state index contributed by atoms with van der Waals surface area (Å²) < 4.78 is 6.80. The molecule has 0 aliphatic heterocycles. The number of hydrogen-bond acceptors (Lipinski definition) is 3. The molecule has 4 heteroatoms. The van der Waals surface area contributed by atoms with Crippen molar-refractivity contribution in [2.75, 3.05) is 7.11 Å². The molecular weight excluding hydrogens is 180 g/mol. The highest BCUT2D eigenvalue weighted by Crippen LogP contribution is 2.07. The minimum absolute atomic E-state index is 0.00898. The zero-order valence-electron chi connectivity index (χ0n) is 8.86. The first kappa shape index (κ1) is 10.9. The lowest BCUT2D eigenvalue weighted by atomic mass is 10.1. The zero-order chi connectivity index (χ0) is 10.6. The lowest BCUT2D eigenvalue weighted by Gasteiger charge is -2.09. The molecule has 1 aromatic heterocycles. The second kappa shape index (κ2) is 4.91. The van der Waals surface area contributed by atoms with E-state index in [4.69, 9.17) is 4.74 Å². The first-order valence-corrected chi connectivity index (χ1v) is 4.82. The molecule has 14 heavy (non-hydrogen) atoms. The van der Waals surface area contributed by atoms with Gasteiger partial charge in [0.25, 0.3) is 0 Å². The van der Waals surface area contributed by atoms with E-state index in [1.54, 1.807) is 24.2 Å². The van der Waals surface area contributed by atoms with Crippen molar-refractivity contribution in [3.63, 3.8) is 0 Å². The van der Waals surface area contributed by atoms with Gasteiger partial charge in [-0.25, -0.2) is 0 Å². The van der Waals surface area contributed by atoms with Crippen molar-refractivity contribution in [2.24, 2.45) is 0 Å². The number of carbonyl (C=O) groups is 1. The summed E-state index contributed by atoms with van der Waals surface area (Å²) in [5.74, 6) is 0.00898. The third-order valence-electron chi connectivity index (χ3n) is 2.19. The van der Waals surface area contributed by atoms with Crippen molar-refractivity contribution in [2.45, 2.75) is 32.9 Å². The highest BCUT2D eigenvalue weighted by atomic mass is 16.5. The van der Waals surface area contributed by atoms with E-state index in [2.05, 4.69) is 5.10 Å². The van der Waals surface area contributed by atoms with Gasteiger partial charge in [-0.3, -0.25) is 9.48 Å². The Morgan fingerprint density at radius 2 is 2.36 bits per heavy atom. The van der Waals surface area contributed by atoms with Crippen LogP contribution in [-0.2, 0) is 11.3 Å². The molecule has 4 nitrogen and oxygen atoms in total. The maximum absolute atomic E-state index is 11.8. The lowest BCUT2D eigenvalue weighted by molar-refractivity contribution is 0.0595. The van der Waals surface area contributed by atoms with Gasteiger partial charge in [0.15, 0.2) is 5.78 Å². The molecule has 0 fully saturated rings. The molecule has 1 aromatic rings. The van der Waals surface area contributed by atoms with Crippen molar-refractivity contribution in [1.82, 2.24) is 9.78 Å². The smallest absolute Gasteiger partial charge is 0.194 e. The molecule has 1 atom stereocenters. The fraction of sp³-hybridized carbons (Fsp3) is 0.600. The maximum atomic E-state index is 11.8. The number of aromatic nitrogens is 2. The van der Waals surface area contributed by atoms with Crippen molar-refractivity contribution in [3.8, 4) is 0 Å². The van der Waals surface area contributed by atoms with Crippen LogP contribution in [-0.4, -0.2) is 28.8 Å². The van der Waals surface area contributed by atoms with Gasteiger partial charge in [0, 0.05) is 19.9 Å². The topological polar surface area (TPSA) is 44.1 Å². The van der Waals surface area contributed by atoms with Gasteiger partial charge in [-0.05, 0) is 13.3 Å². The van der Waals surface area contributed by atoms with Crippen LogP contribution in [0.3, 0.4) is 0 Å². The van der Waals surface area contributed by atoms with E-state index in [1.165, 1.54) is 0 Å². The standard InChI is InChI=1S/C10H16N2O2/c1-4-9(14-3)10(13)8-6-11-12(5-2)7-8/h6-7,9H,4-5H2,1-3H3. The van der Waals surface area contributed by atoms with Gasteiger partial charge >= 0.3 is 0 Å². The summed E-state index contributed by atoms with van der Waals surface area (Å²) >= 11 is 0. The number of Topliss-reactive ketones (excluding diaryl/α,β-unsaturated/α-hetero) is 1. The van der Waals surface area contributed by atoms with E-state index in [0.717, 1.165) is 6.54 Å². The number of aryl methyl sites for hydroxylation is 1. The van der Waals surface area contributed by atoms with Crippen LogP contribution in [0, 0.1) is 0 Å². The van der Waals surface area contributed by atoms with Crippen molar-refractivity contribution in [1.29, 1.82) is 0 Å². The van der Waals surface area contributed by atoms with Gasteiger partial charge in [0.05, 0.1) is 11.8 Å². The van der Waals surface area contributed by atoms with Gasteiger partial charge in [0.2, 0.25) is 0 Å². The molecule has 0 N–H and O–H groups in total. The average Bonchev–Trinajstić information content (AvgIpc) is 2.67. The van der Waals surface area contributed by atoms with Crippen molar-refractivity contribution >= 4 is 5.78 Å². The van der Waals surface area contributed by atoms with Crippen LogP contribution in [0.5, 0.6) is 0 Å². The summed E-state index contributed by atoms with van der Waals surface area (Å²) in [6, 6.07) is 0. The lowest BCUT2D eigenvalue weighted by Crippen LogP contribution is -2.21. The van der Waals surface area contributed by atoms with E-state index in [0.29, 0.717) is 12.0 Å². The number of ketones is 1. The van der Waals surface area contributed by atoms with Crippen LogP contribution >= 0.6 is 0 Å². The first-order chi connectivity index (χ1) is 6.72. The van der Waals surface area contributed by atoms with Gasteiger partial charge in [0.1, 0.15) is 6.10 Å². The Morgan fingerprint density at radius 1 is 1.64 bits per heavy atom. The quantitative estimate of drug-likeness (QED) is 0.670. The van der Waals surface area contributed by atoms with Crippen LogP contribution in [0.25, 0.3) is 0 Å². The zero-order valence-corrected chi connectivity index (χ0v) is 8.86. The minimum Gasteiger partial charge on any atom is -0.373 e. The predicted molar refractivity (Wildman–Crippen MR) is 53.3 cm³/mol. The summed E-state index contributed by atoms with van der Waals surface area (Å²) in [4.78, 5) is 11.8. The van der Waals surface area contributed by atoms with Gasteiger partial charge in [-0.2, -0.15) is 5.10 Å². The van der Waals surface area contributed by atoms with Gasteiger partial charge in [-0.1, -0.05) is 6.92 Å². The van der Waals surface area contributed by atoms with Crippen molar-refractivity contribution in [3.05, 3.63) is 18.0 Å². The number of carbonyl (C=O) groups excluding carboxylic acids is 1. The largest absolute Gasteiger partial charge is 0.373 e. The van der Waals surface area contributed by atoms with Crippen LogP contribution < -0.4 is 0 Å². The van der Waals surface area contributed by atoms with E-state index in [9.17, 15) is 4.79 Å². The molecule has 1 unspecified atom stereocenters. The molecule has 1 rings (SSSR count). The van der Waals surface area contributed by atoms with Crippen LogP contribution in [0.1, 0.15) is 30.6 Å². The van der Waals surface area contributed by atoms with E-state index < -0.39 is 0 Å².